The third kappa shape index (κ3) is 6.24. The normalized spacial score (nSPS) is 11.2. The van der Waals surface area contributed by atoms with E-state index in [4.69, 9.17) is 16.3 Å². The first-order chi connectivity index (χ1) is 15.7. The largest absolute Gasteiger partial charge is 0.491 e. The maximum absolute atomic E-state index is 13.6. The number of ether oxygens (including phenoxy) is 1. The van der Waals surface area contributed by atoms with Crippen LogP contribution in [0.25, 0.3) is 0 Å². The van der Waals surface area contributed by atoms with Crippen molar-refractivity contribution in [3.8, 4) is 5.75 Å². The van der Waals surface area contributed by atoms with Crippen LogP contribution in [0.2, 0.25) is 5.02 Å². The summed E-state index contributed by atoms with van der Waals surface area (Å²) in [6.45, 7) is 3.79. The Morgan fingerprint density at radius 3 is 2.45 bits per heavy atom. The number of halogens is 2. The lowest BCUT2D eigenvalue weighted by molar-refractivity contribution is -0.119. The number of sulfonamides is 1. The number of nitrogens with zero attached hydrogens (tertiary/aromatic N) is 1. The molecule has 0 spiro atoms. The molecule has 0 atom stereocenters. The predicted molar refractivity (Wildman–Crippen MR) is 127 cm³/mol. The first kappa shape index (κ1) is 24.5. The molecule has 1 N–H and O–H groups in total. The average molecular weight is 491 g/mol. The fourth-order valence-electron chi connectivity index (χ4n) is 3.17. The summed E-state index contributed by atoms with van der Waals surface area (Å²) in [5, 5.41) is 2.41. The third-order valence-electron chi connectivity index (χ3n) is 4.82. The molecule has 0 heterocycles. The van der Waals surface area contributed by atoms with Crippen LogP contribution in [0, 0.1) is 19.7 Å². The number of anilines is 1. The Kier molecular flexibility index (Phi) is 7.94. The maximum Gasteiger partial charge on any atom is 0.264 e. The van der Waals surface area contributed by atoms with E-state index in [1.807, 2.05) is 32.0 Å². The van der Waals surface area contributed by atoms with E-state index < -0.39 is 28.3 Å². The van der Waals surface area contributed by atoms with Crippen molar-refractivity contribution in [2.45, 2.75) is 18.7 Å². The van der Waals surface area contributed by atoms with Crippen molar-refractivity contribution in [3.63, 3.8) is 0 Å². The molecule has 0 saturated heterocycles. The molecule has 0 aliphatic carbocycles. The number of aryl methyl sites for hydroxylation is 2. The second-order valence-corrected chi connectivity index (χ2v) is 9.66. The van der Waals surface area contributed by atoms with Crippen molar-refractivity contribution in [1.29, 1.82) is 0 Å². The van der Waals surface area contributed by atoms with Crippen LogP contribution in [-0.2, 0) is 14.8 Å². The summed E-state index contributed by atoms with van der Waals surface area (Å²) in [5.41, 5.74) is 2.18. The van der Waals surface area contributed by atoms with Crippen LogP contribution in [0.1, 0.15) is 11.1 Å². The van der Waals surface area contributed by atoms with Crippen LogP contribution in [0.3, 0.4) is 0 Å². The highest BCUT2D eigenvalue weighted by Gasteiger charge is 2.27. The number of carbonyl (C=O) groups is 1. The van der Waals surface area contributed by atoms with Gasteiger partial charge in [0.1, 0.15) is 24.7 Å². The molecule has 0 aliphatic heterocycles. The monoisotopic (exact) mass is 490 g/mol. The molecule has 6 nitrogen and oxygen atoms in total. The maximum atomic E-state index is 13.6. The molecule has 0 unspecified atom stereocenters. The van der Waals surface area contributed by atoms with Gasteiger partial charge in [0.15, 0.2) is 0 Å². The number of rotatable bonds is 9. The molecule has 0 radical (unpaired) electrons. The Labute approximate surface area is 198 Å². The van der Waals surface area contributed by atoms with Crippen LogP contribution >= 0.6 is 11.6 Å². The fourth-order valence-corrected chi connectivity index (χ4v) is 4.78. The Hall–Kier alpha value is -3.10. The van der Waals surface area contributed by atoms with Crippen molar-refractivity contribution in [1.82, 2.24) is 5.32 Å². The smallest absolute Gasteiger partial charge is 0.264 e. The molecule has 174 valence electrons. The van der Waals surface area contributed by atoms with E-state index in [9.17, 15) is 17.6 Å². The van der Waals surface area contributed by atoms with Crippen LogP contribution in [0.15, 0.2) is 71.6 Å². The van der Waals surface area contributed by atoms with Crippen molar-refractivity contribution in [2.75, 3.05) is 24.0 Å². The second-order valence-electron chi connectivity index (χ2n) is 7.39. The minimum absolute atomic E-state index is 0.00331. The lowest BCUT2D eigenvalue weighted by Crippen LogP contribution is -2.42. The topological polar surface area (TPSA) is 75.7 Å². The zero-order chi connectivity index (χ0) is 24.0. The molecule has 3 aromatic carbocycles. The summed E-state index contributed by atoms with van der Waals surface area (Å²) in [7, 11) is -4.10. The molecule has 0 aromatic heterocycles. The van der Waals surface area contributed by atoms with E-state index in [0.29, 0.717) is 5.75 Å². The Morgan fingerprint density at radius 2 is 1.79 bits per heavy atom. The molecule has 0 aliphatic rings. The Morgan fingerprint density at radius 1 is 1.06 bits per heavy atom. The third-order valence-corrected chi connectivity index (χ3v) is 6.90. The van der Waals surface area contributed by atoms with Crippen molar-refractivity contribution >= 4 is 33.2 Å². The molecular weight excluding hydrogens is 467 g/mol. The molecule has 0 fully saturated rings. The molecule has 0 saturated carbocycles. The number of hydrogen-bond donors (Lipinski definition) is 1. The van der Waals surface area contributed by atoms with Gasteiger partial charge in [0.25, 0.3) is 10.0 Å². The van der Waals surface area contributed by atoms with Gasteiger partial charge >= 0.3 is 0 Å². The summed E-state index contributed by atoms with van der Waals surface area (Å²) in [5.74, 6) is -0.520. The SMILES string of the molecule is Cc1ccc(OCCNC(=O)CN(c2ccc(F)c(Cl)c2)S(=O)(=O)c2ccccc2)c(C)c1. The van der Waals surface area contributed by atoms with E-state index in [-0.39, 0.29) is 28.8 Å². The first-order valence-electron chi connectivity index (χ1n) is 10.2. The zero-order valence-electron chi connectivity index (χ0n) is 18.2. The van der Waals surface area contributed by atoms with Crippen LogP contribution < -0.4 is 14.4 Å². The van der Waals surface area contributed by atoms with E-state index in [0.717, 1.165) is 21.5 Å². The molecule has 1 amide bonds. The molecule has 3 rings (SSSR count). The summed E-state index contributed by atoms with van der Waals surface area (Å²) >= 11 is 5.86. The van der Waals surface area contributed by atoms with Gasteiger partial charge in [-0.2, -0.15) is 0 Å². The lowest BCUT2D eigenvalue weighted by Gasteiger charge is -2.24. The summed E-state index contributed by atoms with van der Waals surface area (Å²) in [4.78, 5) is 12.6. The van der Waals surface area contributed by atoms with E-state index in [2.05, 4.69) is 5.32 Å². The van der Waals surface area contributed by atoms with Gasteiger partial charge in [-0.3, -0.25) is 9.10 Å². The van der Waals surface area contributed by atoms with Crippen molar-refractivity contribution in [3.05, 3.63) is 88.7 Å². The fraction of sp³-hybridized carbons (Fsp3) is 0.208. The summed E-state index contributed by atoms with van der Waals surface area (Å²) in [6, 6.07) is 17.0. The van der Waals surface area contributed by atoms with Gasteiger partial charge in [-0.15, -0.1) is 0 Å². The highest BCUT2D eigenvalue weighted by molar-refractivity contribution is 7.92. The van der Waals surface area contributed by atoms with Crippen molar-refractivity contribution < 1.29 is 22.3 Å². The molecule has 9 heteroatoms. The number of benzene rings is 3. The minimum Gasteiger partial charge on any atom is -0.491 e. The highest BCUT2D eigenvalue weighted by Crippen LogP contribution is 2.27. The van der Waals surface area contributed by atoms with Crippen LogP contribution in [0.4, 0.5) is 10.1 Å². The number of amides is 1. The van der Waals surface area contributed by atoms with Gasteiger partial charge in [0, 0.05) is 0 Å². The number of nitrogens with one attached hydrogen (secondary N) is 1. The summed E-state index contributed by atoms with van der Waals surface area (Å²) in [6.07, 6.45) is 0. The van der Waals surface area contributed by atoms with Gasteiger partial charge in [0.2, 0.25) is 5.91 Å². The zero-order valence-corrected chi connectivity index (χ0v) is 19.8. The van der Waals surface area contributed by atoms with Gasteiger partial charge in [-0.1, -0.05) is 47.5 Å². The number of carbonyl (C=O) groups excluding carboxylic acids is 1. The van der Waals surface area contributed by atoms with Gasteiger partial charge < -0.3 is 10.1 Å². The molecule has 33 heavy (non-hydrogen) atoms. The van der Waals surface area contributed by atoms with E-state index in [1.165, 1.54) is 24.3 Å². The van der Waals surface area contributed by atoms with Gasteiger partial charge in [-0.25, -0.2) is 12.8 Å². The van der Waals surface area contributed by atoms with Crippen molar-refractivity contribution in [2.24, 2.45) is 0 Å². The number of hydrogen-bond acceptors (Lipinski definition) is 4. The Balaban J connectivity index is 1.71. The quantitative estimate of drug-likeness (QED) is 0.448. The van der Waals surface area contributed by atoms with Crippen LogP contribution in [0.5, 0.6) is 5.75 Å². The lowest BCUT2D eigenvalue weighted by atomic mass is 10.1. The second kappa shape index (κ2) is 10.7. The molecule has 3 aromatic rings. The Bertz CT molecular complexity index is 1240. The van der Waals surface area contributed by atoms with Gasteiger partial charge in [0.05, 0.1) is 22.2 Å². The molecular formula is C24H24ClFN2O4S. The summed E-state index contributed by atoms with van der Waals surface area (Å²) < 4.78 is 46.7. The van der Waals surface area contributed by atoms with E-state index >= 15 is 0 Å². The average Bonchev–Trinajstić information content (AvgIpc) is 2.78. The standard InChI is InChI=1S/C24H24ClFN2O4S/c1-17-8-11-23(18(2)14-17)32-13-12-27-24(29)16-28(19-9-10-22(26)21(25)15-19)33(30,31)20-6-4-3-5-7-20/h3-11,14-15H,12-13,16H2,1-2H3,(H,27,29). The highest BCUT2D eigenvalue weighted by atomic mass is 35.5. The van der Waals surface area contributed by atoms with Crippen LogP contribution in [-0.4, -0.2) is 34.0 Å². The first-order valence-corrected chi connectivity index (χ1v) is 12.0. The predicted octanol–water partition coefficient (Wildman–Crippen LogP) is 4.49. The van der Waals surface area contributed by atoms with Gasteiger partial charge in [-0.05, 0) is 55.8 Å². The van der Waals surface area contributed by atoms with E-state index in [1.54, 1.807) is 18.2 Å². The molecule has 0 bridgehead atoms. The minimum atomic E-state index is -4.10.